The average molecular weight is 393 g/mol. The maximum absolute atomic E-state index is 12.2. The molecule has 8 nitrogen and oxygen atoms in total. The van der Waals surface area contributed by atoms with Crippen molar-refractivity contribution in [1.82, 2.24) is 15.2 Å². The summed E-state index contributed by atoms with van der Waals surface area (Å²) < 4.78 is 5.67. The second-order valence-corrected chi connectivity index (χ2v) is 6.79. The molecule has 0 fully saturated rings. The van der Waals surface area contributed by atoms with Crippen molar-refractivity contribution < 1.29 is 14.0 Å². The van der Waals surface area contributed by atoms with E-state index in [-0.39, 0.29) is 22.4 Å². The Kier molecular flexibility index (Phi) is 4.81. The Balaban J connectivity index is 1.42. The number of para-hydroxylation sites is 2. The molecule has 2 amide bonds. The number of benzene rings is 2. The summed E-state index contributed by atoms with van der Waals surface area (Å²) in [5, 5.41) is 12.0. The second kappa shape index (κ2) is 7.57. The molecule has 0 aliphatic carbocycles. The smallest absolute Gasteiger partial charge is 0.277 e. The summed E-state index contributed by atoms with van der Waals surface area (Å²) in [6.45, 7) is 0. The van der Waals surface area contributed by atoms with Crippen LogP contribution in [-0.2, 0) is 4.79 Å². The summed E-state index contributed by atoms with van der Waals surface area (Å²) in [5.41, 5.74) is 7.70. The Bertz CT molecular complexity index is 1170. The maximum atomic E-state index is 12.2. The summed E-state index contributed by atoms with van der Waals surface area (Å²) >= 11 is 1.11. The fraction of sp³-hybridized carbons (Fsp3) is 0.0526. The Morgan fingerprint density at radius 1 is 1.11 bits per heavy atom. The fourth-order valence-corrected chi connectivity index (χ4v) is 3.31. The molecule has 4 rings (SSSR count). The number of thioether (sulfide) groups is 1. The predicted molar refractivity (Wildman–Crippen MR) is 106 cm³/mol. The topological polar surface area (TPSA) is 127 Å². The molecule has 0 aliphatic rings. The van der Waals surface area contributed by atoms with E-state index in [1.165, 1.54) is 0 Å². The van der Waals surface area contributed by atoms with Gasteiger partial charge in [-0.1, -0.05) is 42.1 Å². The predicted octanol–water partition coefficient (Wildman–Crippen LogP) is 3.05. The molecule has 0 radical (unpaired) electrons. The minimum atomic E-state index is -0.608. The van der Waals surface area contributed by atoms with Crippen LogP contribution in [0.4, 0.5) is 5.69 Å². The number of H-pyrrole nitrogens is 1. The van der Waals surface area contributed by atoms with Gasteiger partial charge in [0.1, 0.15) is 0 Å². The van der Waals surface area contributed by atoms with Crippen molar-refractivity contribution >= 4 is 40.2 Å². The number of rotatable bonds is 6. The standard InChI is InChI=1S/C19H15N5O3S/c20-17(26)12-6-2-4-8-15(12)22-16(25)10-28-19-24-23-18(27-19)13-9-21-14-7-3-1-5-11(13)14/h1-9,21H,10H2,(H2,20,26)(H,22,25). The number of hydrogen-bond acceptors (Lipinski definition) is 6. The number of carbonyl (C=O) groups excluding carboxylic acids is 2. The van der Waals surface area contributed by atoms with Gasteiger partial charge in [0.25, 0.3) is 17.0 Å². The highest BCUT2D eigenvalue weighted by Crippen LogP contribution is 2.29. The van der Waals surface area contributed by atoms with Crippen molar-refractivity contribution in [2.75, 3.05) is 11.1 Å². The van der Waals surface area contributed by atoms with Gasteiger partial charge in [0.2, 0.25) is 5.91 Å². The van der Waals surface area contributed by atoms with E-state index in [1.54, 1.807) is 30.5 Å². The van der Waals surface area contributed by atoms with Crippen LogP contribution in [0.2, 0.25) is 0 Å². The van der Waals surface area contributed by atoms with E-state index >= 15 is 0 Å². The Labute approximate surface area is 163 Å². The van der Waals surface area contributed by atoms with Gasteiger partial charge in [-0.2, -0.15) is 0 Å². The van der Waals surface area contributed by atoms with Crippen LogP contribution in [0.5, 0.6) is 0 Å². The van der Waals surface area contributed by atoms with Gasteiger partial charge in [0.15, 0.2) is 0 Å². The van der Waals surface area contributed by atoms with Crippen molar-refractivity contribution in [3.63, 3.8) is 0 Å². The zero-order valence-corrected chi connectivity index (χ0v) is 15.3. The number of anilines is 1. The maximum Gasteiger partial charge on any atom is 0.277 e. The number of carbonyl (C=O) groups is 2. The van der Waals surface area contributed by atoms with E-state index in [0.717, 1.165) is 28.2 Å². The molecule has 4 N–H and O–H groups in total. The van der Waals surface area contributed by atoms with Gasteiger partial charge in [0, 0.05) is 17.1 Å². The molecule has 9 heteroatoms. The number of nitrogens with one attached hydrogen (secondary N) is 2. The Hall–Kier alpha value is -3.59. The van der Waals surface area contributed by atoms with Crippen molar-refractivity contribution in [3.8, 4) is 11.5 Å². The van der Waals surface area contributed by atoms with Crippen LogP contribution in [0.25, 0.3) is 22.4 Å². The van der Waals surface area contributed by atoms with Crippen molar-refractivity contribution in [2.45, 2.75) is 5.22 Å². The minimum Gasteiger partial charge on any atom is -0.411 e. The normalized spacial score (nSPS) is 10.9. The molecule has 4 aromatic rings. The lowest BCUT2D eigenvalue weighted by Crippen LogP contribution is -2.19. The lowest BCUT2D eigenvalue weighted by Gasteiger charge is -2.07. The van der Waals surface area contributed by atoms with Gasteiger partial charge in [-0.3, -0.25) is 9.59 Å². The van der Waals surface area contributed by atoms with Crippen LogP contribution >= 0.6 is 11.8 Å². The van der Waals surface area contributed by atoms with E-state index in [9.17, 15) is 9.59 Å². The van der Waals surface area contributed by atoms with Gasteiger partial charge in [0.05, 0.1) is 22.6 Å². The summed E-state index contributed by atoms with van der Waals surface area (Å²) in [6, 6.07) is 14.3. The van der Waals surface area contributed by atoms with Crippen molar-refractivity contribution in [3.05, 3.63) is 60.3 Å². The third-order valence-corrected chi connectivity index (χ3v) is 4.84. The summed E-state index contributed by atoms with van der Waals surface area (Å²) in [6.07, 6.45) is 1.81. The quantitative estimate of drug-likeness (QED) is 0.432. The van der Waals surface area contributed by atoms with E-state index < -0.39 is 5.91 Å². The lowest BCUT2D eigenvalue weighted by atomic mass is 10.1. The van der Waals surface area contributed by atoms with Crippen LogP contribution in [0.1, 0.15) is 10.4 Å². The Morgan fingerprint density at radius 3 is 2.75 bits per heavy atom. The van der Waals surface area contributed by atoms with Crippen LogP contribution in [0.15, 0.2) is 64.4 Å². The van der Waals surface area contributed by atoms with Gasteiger partial charge >= 0.3 is 0 Å². The highest BCUT2D eigenvalue weighted by atomic mass is 32.2. The summed E-state index contributed by atoms with van der Waals surface area (Å²) in [7, 11) is 0. The van der Waals surface area contributed by atoms with Gasteiger partial charge in [-0.05, 0) is 18.2 Å². The molecule has 0 spiro atoms. The number of aromatic nitrogens is 3. The van der Waals surface area contributed by atoms with Gasteiger partial charge in [-0.15, -0.1) is 10.2 Å². The molecule has 140 valence electrons. The first kappa shape index (κ1) is 17.8. The van der Waals surface area contributed by atoms with E-state index in [2.05, 4.69) is 20.5 Å². The molecule has 2 aromatic carbocycles. The molecule has 0 aliphatic heterocycles. The first-order valence-electron chi connectivity index (χ1n) is 8.33. The van der Waals surface area contributed by atoms with Gasteiger partial charge in [-0.25, -0.2) is 0 Å². The van der Waals surface area contributed by atoms with Crippen LogP contribution in [0, 0.1) is 0 Å². The first-order valence-corrected chi connectivity index (χ1v) is 9.32. The molecule has 0 saturated heterocycles. The van der Waals surface area contributed by atoms with Crippen LogP contribution in [0.3, 0.4) is 0 Å². The minimum absolute atomic E-state index is 0.0443. The molecule has 0 unspecified atom stereocenters. The number of nitrogens with two attached hydrogens (primary N) is 1. The second-order valence-electron chi connectivity index (χ2n) is 5.87. The summed E-state index contributed by atoms with van der Waals surface area (Å²) in [4.78, 5) is 26.8. The van der Waals surface area contributed by atoms with Crippen molar-refractivity contribution in [2.24, 2.45) is 5.73 Å². The lowest BCUT2D eigenvalue weighted by molar-refractivity contribution is -0.113. The number of aromatic amines is 1. The first-order chi connectivity index (χ1) is 13.6. The zero-order valence-electron chi connectivity index (χ0n) is 14.5. The Morgan fingerprint density at radius 2 is 1.89 bits per heavy atom. The molecule has 0 saturated carbocycles. The number of fused-ring (bicyclic) bond motifs is 1. The SMILES string of the molecule is NC(=O)c1ccccc1NC(=O)CSc1nnc(-c2c[nH]c3ccccc23)o1. The average Bonchev–Trinajstić information content (AvgIpc) is 3.33. The van der Waals surface area contributed by atoms with E-state index in [0.29, 0.717) is 11.6 Å². The van der Waals surface area contributed by atoms with Crippen molar-refractivity contribution in [1.29, 1.82) is 0 Å². The highest BCUT2D eigenvalue weighted by Gasteiger charge is 2.15. The molecule has 0 atom stereocenters. The number of amides is 2. The van der Waals surface area contributed by atoms with Crippen LogP contribution < -0.4 is 11.1 Å². The van der Waals surface area contributed by atoms with E-state index in [4.69, 9.17) is 10.2 Å². The fourth-order valence-electron chi connectivity index (χ4n) is 2.75. The number of nitrogens with zero attached hydrogens (tertiary/aromatic N) is 2. The molecule has 28 heavy (non-hydrogen) atoms. The molecule has 0 bridgehead atoms. The number of primary amides is 1. The van der Waals surface area contributed by atoms with E-state index in [1.807, 2.05) is 24.3 Å². The molecule has 2 heterocycles. The third kappa shape index (κ3) is 3.60. The number of hydrogen-bond donors (Lipinski definition) is 3. The monoisotopic (exact) mass is 393 g/mol. The van der Waals surface area contributed by atoms with Crippen LogP contribution in [-0.4, -0.2) is 32.7 Å². The largest absolute Gasteiger partial charge is 0.411 e. The molecule has 2 aromatic heterocycles. The van der Waals surface area contributed by atoms with Gasteiger partial charge < -0.3 is 20.5 Å². The highest BCUT2D eigenvalue weighted by molar-refractivity contribution is 7.99. The molecular formula is C19H15N5O3S. The summed E-state index contributed by atoms with van der Waals surface area (Å²) in [5.74, 6) is -0.503. The zero-order chi connectivity index (χ0) is 19.5. The molecular weight excluding hydrogens is 378 g/mol. The third-order valence-electron chi connectivity index (χ3n) is 4.02.